The number of nitrogens with zero attached hydrogens (tertiary/aromatic N) is 4. The van der Waals surface area contributed by atoms with Crippen LogP contribution >= 0.6 is 0 Å². The summed E-state index contributed by atoms with van der Waals surface area (Å²) < 4.78 is 29.4. The van der Waals surface area contributed by atoms with Crippen molar-refractivity contribution >= 4 is 32.9 Å². The number of aromatic nitrogens is 2. The van der Waals surface area contributed by atoms with E-state index in [4.69, 9.17) is 5.73 Å². The fourth-order valence-electron chi connectivity index (χ4n) is 3.37. The van der Waals surface area contributed by atoms with Gasteiger partial charge < -0.3 is 5.73 Å². The molecule has 1 aromatic heterocycles. The van der Waals surface area contributed by atoms with Gasteiger partial charge in [-0.05, 0) is 43.3 Å². The fraction of sp³-hybridized carbons (Fsp3) is 0.0870. The van der Waals surface area contributed by atoms with Crippen molar-refractivity contribution in [1.82, 2.24) is 9.78 Å². The molecule has 4 aromatic rings. The van der Waals surface area contributed by atoms with Gasteiger partial charge in [0, 0.05) is 6.54 Å². The molecule has 3 N–H and O–H groups in total. The number of para-hydroxylation sites is 2. The number of anilines is 2. The molecule has 0 spiro atoms. The fourth-order valence-corrected chi connectivity index (χ4v) is 4.97. The number of nitrogen functional groups attached to an aromatic ring is 1. The van der Waals surface area contributed by atoms with Crippen LogP contribution in [0.15, 0.2) is 105 Å². The Balaban J connectivity index is 1.74. The molecule has 0 aliphatic rings. The highest BCUT2D eigenvalue weighted by Gasteiger charge is 2.26. The minimum absolute atomic E-state index is 0.0208. The van der Waals surface area contributed by atoms with Crippen molar-refractivity contribution in [2.45, 2.75) is 11.8 Å². The van der Waals surface area contributed by atoms with Gasteiger partial charge in [-0.1, -0.05) is 48.5 Å². The van der Waals surface area contributed by atoms with Crippen molar-refractivity contribution in [1.29, 1.82) is 0 Å². The number of sulfonamides is 1. The first kappa shape index (κ1) is 22.0. The van der Waals surface area contributed by atoms with E-state index >= 15 is 0 Å². The number of benzene rings is 3. The number of hydrogen-bond donors (Lipinski definition) is 2. The number of rotatable bonds is 7. The molecule has 0 radical (unpaired) electrons. The first-order valence-corrected chi connectivity index (χ1v) is 11.6. The largest absolute Gasteiger partial charge is 0.382 e. The van der Waals surface area contributed by atoms with Crippen LogP contribution < -0.4 is 15.6 Å². The molecule has 0 saturated heterocycles. The van der Waals surface area contributed by atoms with Gasteiger partial charge in [-0.25, -0.2) is 13.1 Å². The molecule has 9 nitrogen and oxygen atoms in total. The Morgan fingerprint density at radius 1 is 0.909 bits per heavy atom. The third-order valence-corrected chi connectivity index (χ3v) is 6.88. The van der Waals surface area contributed by atoms with Gasteiger partial charge in [0.25, 0.3) is 10.0 Å². The van der Waals surface area contributed by atoms with E-state index in [0.717, 1.165) is 0 Å². The van der Waals surface area contributed by atoms with Gasteiger partial charge in [-0.15, -0.1) is 10.2 Å². The summed E-state index contributed by atoms with van der Waals surface area (Å²) in [5.41, 5.74) is 6.56. The number of H-pyrrole nitrogens is 1. The highest BCUT2D eigenvalue weighted by molar-refractivity contribution is 7.93. The molecule has 0 atom stereocenters. The lowest BCUT2D eigenvalue weighted by Gasteiger charge is -2.23. The van der Waals surface area contributed by atoms with E-state index in [1.807, 2.05) is 12.1 Å². The van der Waals surface area contributed by atoms with Crippen LogP contribution in [0.2, 0.25) is 0 Å². The molecule has 0 unspecified atom stereocenters. The zero-order valence-electron chi connectivity index (χ0n) is 17.8. The highest BCUT2D eigenvalue weighted by atomic mass is 32.2. The summed E-state index contributed by atoms with van der Waals surface area (Å²) in [6.07, 6.45) is 0. The highest BCUT2D eigenvalue weighted by Crippen LogP contribution is 2.31. The summed E-state index contributed by atoms with van der Waals surface area (Å²) in [7, 11) is -3.94. The Labute approximate surface area is 190 Å². The minimum atomic E-state index is -3.94. The monoisotopic (exact) mass is 462 g/mol. The molecule has 3 aromatic carbocycles. The molecular weight excluding hydrogens is 440 g/mol. The van der Waals surface area contributed by atoms with Crippen LogP contribution in [0.5, 0.6) is 0 Å². The predicted octanol–water partition coefficient (Wildman–Crippen LogP) is 4.38. The Morgan fingerprint density at radius 3 is 2.18 bits per heavy atom. The van der Waals surface area contributed by atoms with Crippen LogP contribution in [0.1, 0.15) is 6.92 Å². The lowest BCUT2D eigenvalue weighted by Crippen LogP contribution is -2.30. The Kier molecular flexibility index (Phi) is 6.09. The second kappa shape index (κ2) is 9.13. The second-order valence-electron chi connectivity index (χ2n) is 7.02. The van der Waals surface area contributed by atoms with Crippen LogP contribution in [0, 0.1) is 0 Å². The summed E-state index contributed by atoms with van der Waals surface area (Å²) in [4.78, 5) is 12.8. The Bertz CT molecular complexity index is 1440. The van der Waals surface area contributed by atoms with Crippen LogP contribution in [-0.4, -0.2) is 24.7 Å². The number of nitrogens with one attached hydrogen (secondary N) is 1. The number of aromatic amines is 1. The molecular formula is C23H22N6O3S. The summed E-state index contributed by atoms with van der Waals surface area (Å²) in [5.74, 6) is 0.0208. The Morgan fingerprint density at radius 2 is 1.52 bits per heavy atom. The molecule has 0 bridgehead atoms. The number of hydrogen-bond acceptors (Lipinski definition) is 6. The van der Waals surface area contributed by atoms with Crippen molar-refractivity contribution in [2.24, 2.45) is 10.2 Å². The number of azo groups is 1. The van der Waals surface area contributed by atoms with E-state index in [1.165, 1.54) is 21.1 Å². The van der Waals surface area contributed by atoms with Crippen LogP contribution in [-0.2, 0) is 10.0 Å². The molecule has 10 heteroatoms. The molecule has 0 aliphatic carbocycles. The van der Waals surface area contributed by atoms with Crippen molar-refractivity contribution in [3.63, 3.8) is 0 Å². The maximum absolute atomic E-state index is 13.4. The zero-order valence-corrected chi connectivity index (χ0v) is 18.6. The van der Waals surface area contributed by atoms with Gasteiger partial charge in [0.15, 0.2) is 5.69 Å². The van der Waals surface area contributed by atoms with Gasteiger partial charge >= 0.3 is 5.56 Å². The van der Waals surface area contributed by atoms with Gasteiger partial charge in [-0.2, -0.15) is 0 Å². The molecule has 0 fully saturated rings. The quantitative estimate of drug-likeness (QED) is 0.395. The van der Waals surface area contributed by atoms with E-state index < -0.39 is 15.6 Å². The molecule has 0 saturated carbocycles. The normalized spacial score (nSPS) is 11.7. The predicted molar refractivity (Wildman–Crippen MR) is 128 cm³/mol. The average molecular weight is 463 g/mol. The minimum Gasteiger partial charge on any atom is -0.382 e. The van der Waals surface area contributed by atoms with Crippen molar-refractivity contribution < 1.29 is 8.42 Å². The lowest BCUT2D eigenvalue weighted by atomic mass is 10.3. The van der Waals surface area contributed by atoms with Crippen LogP contribution in [0.3, 0.4) is 0 Å². The molecule has 4 rings (SSSR count). The molecule has 1 heterocycles. The van der Waals surface area contributed by atoms with Gasteiger partial charge in [-0.3, -0.25) is 14.2 Å². The molecule has 168 valence electrons. The zero-order chi connectivity index (χ0) is 23.4. The average Bonchev–Trinajstić information content (AvgIpc) is 3.12. The van der Waals surface area contributed by atoms with E-state index in [1.54, 1.807) is 67.6 Å². The van der Waals surface area contributed by atoms with Crippen molar-refractivity contribution in [2.75, 3.05) is 16.6 Å². The summed E-state index contributed by atoms with van der Waals surface area (Å²) in [6.45, 7) is 1.98. The number of nitrogens with two attached hydrogens (primary N) is 1. The maximum Gasteiger partial charge on any atom is 0.301 e. The summed E-state index contributed by atoms with van der Waals surface area (Å²) in [6, 6.07) is 23.9. The molecule has 0 aliphatic heterocycles. The van der Waals surface area contributed by atoms with Gasteiger partial charge in [0.2, 0.25) is 0 Å². The summed E-state index contributed by atoms with van der Waals surface area (Å²) in [5, 5.41) is 10.9. The SMILES string of the molecule is CCN(c1ccccc1)S(=O)(=O)c1ccccc1N=Nc1c(N)[nH]n(-c2ccccc2)c1=O. The molecule has 0 amide bonds. The first-order chi connectivity index (χ1) is 15.9. The topological polar surface area (TPSA) is 126 Å². The van der Waals surface area contributed by atoms with E-state index in [2.05, 4.69) is 15.3 Å². The van der Waals surface area contributed by atoms with Crippen LogP contribution in [0.4, 0.5) is 22.9 Å². The summed E-state index contributed by atoms with van der Waals surface area (Å²) >= 11 is 0. The van der Waals surface area contributed by atoms with Crippen molar-refractivity contribution in [3.05, 3.63) is 95.3 Å². The third kappa shape index (κ3) is 4.28. The van der Waals surface area contributed by atoms with E-state index in [0.29, 0.717) is 11.4 Å². The Hall–Kier alpha value is -4.18. The van der Waals surface area contributed by atoms with Crippen molar-refractivity contribution in [3.8, 4) is 5.69 Å². The third-order valence-electron chi connectivity index (χ3n) is 4.93. The molecule has 33 heavy (non-hydrogen) atoms. The van der Waals surface area contributed by atoms with Gasteiger partial charge in [0.05, 0.1) is 11.4 Å². The lowest BCUT2D eigenvalue weighted by molar-refractivity contribution is 0.592. The second-order valence-corrected chi connectivity index (χ2v) is 8.85. The maximum atomic E-state index is 13.4. The van der Waals surface area contributed by atoms with Crippen LogP contribution in [0.25, 0.3) is 5.69 Å². The smallest absolute Gasteiger partial charge is 0.301 e. The van der Waals surface area contributed by atoms with Gasteiger partial charge in [0.1, 0.15) is 16.4 Å². The van der Waals surface area contributed by atoms with E-state index in [-0.39, 0.29) is 28.6 Å². The first-order valence-electron chi connectivity index (χ1n) is 10.2. The standard InChI is InChI=1S/C23H22N6O3S/c1-2-28(17-11-5-3-6-12-17)33(31,32)20-16-10-9-15-19(20)25-26-21-22(24)27-29(23(21)30)18-13-7-4-8-14-18/h3-16,27H,2,24H2,1H3. The van der Waals surface area contributed by atoms with E-state index in [9.17, 15) is 13.2 Å².